The van der Waals surface area contributed by atoms with Crippen LogP contribution in [-0.2, 0) is 4.79 Å². The van der Waals surface area contributed by atoms with E-state index in [1.54, 1.807) is 50.2 Å². The maximum Gasteiger partial charge on any atom is 0.251 e. The number of benzene rings is 2. The molecule has 1 aliphatic heterocycles. The lowest BCUT2D eigenvalue weighted by Gasteiger charge is -2.17. The average Bonchev–Trinajstić information content (AvgIpc) is 2.62. The number of anilines is 1. The van der Waals surface area contributed by atoms with Crippen molar-refractivity contribution in [3.8, 4) is 0 Å². The molecular weight excluding hydrogens is 307 g/mol. The Labute approximate surface area is 139 Å². The maximum absolute atomic E-state index is 14.4. The molecule has 1 heterocycles. The van der Waals surface area contributed by atoms with Gasteiger partial charge in [-0.2, -0.15) is 0 Å². The Morgan fingerprint density at radius 3 is 2.50 bits per heavy atom. The molecule has 0 bridgehead atoms. The van der Waals surface area contributed by atoms with Crippen LogP contribution in [0.4, 0.5) is 10.1 Å². The largest absolute Gasteiger partial charge is 0.323 e. The van der Waals surface area contributed by atoms with E-state index in [4.69, 9.17) is 0 Å². The summed E-state index contributed by atoms with van der Waals surface area (Å²) in [7, 11) is 0. The number of carbonyl (C=O) groups excluding carboxylic acids is 2. The van der Waals surface area contributed by atoms with Crippen LogP contribution in [-0.4, -0.2) is 22.9 Å². The third kappa shape index (κ3) is 2.73. The molecule has 0 aromatic heterocycles. The standard InChI is InChI=1S/C19H17FN2O2/c1-11(23)12-8-9-16-14(10-12)17(13-6-4-5-7-15(13)20)22-19(2,3)18(24)21-16/h4-10H,1-3H3,(H,21,24). The van der Waals surface area contributed by atoms with E-state index in [2.05, 4.69) is 10.3 Å². The Hall–Kier alpha value is -2.82. The molecule has 0 radical (unpaired) electrons. The number of ketones is 1. The fraction of sp³-hybridized carbons (Fsp3) is 0.211. The highest BCUT2D eigenvalue weighted by molar-refractivity contribution is 6.21. The monoisotopic (exact) mass is 324 g/mol. The molecule has 0 unspecified atom stereocenters. The zero-order valence-corrected chi connectivity index (χ0v) is 13.7. The third-order valence-corrected chi connectivity index (χ3v) is 4.01. The molecule has 1 N–H and O–H groups in total. The molecule has 2 aromatic rings. The summed E-state index contributed by atoms with van der Waals surface area (Å²) in [6.45, 7) is 4.79. The van der Waals surface area contributed by atoms with Crippen molar-refractivity contribution in [2.75, 3.05) is 5.32 Å². The Kier molecular flexibility index (Phi) is 3.79. The van der Waals surface area contributed by atoms with Crippen LogP contribution in [0, 0.1) is 5.82 Å². The Morgan fingerprint density at radius 2 is 1.83 bits per heavy atom. The number of fused-ring (bicyclic) bond motifs is 1. The smallest absolute Gasteiger partial charge is 0.251 e. The van der Waals surface area contributed by atoms with Crippen LogP contribution in [0.2, 0.25) is 0 Å². The number of aliphatic imine (C=N–C) groups is 1. The molecule has 0 saturated heterocycles. The molecule has 0 aliphatic carbocycles. The summed E-state index contributed by atoms with van der Waals surface area (Å²) in [4.78, 5) is 28.6. The van der Waals surface area contributed by atoms with E-state index in [0.717, 1.165) is 0 Å². The number of halogens is 1. The summed E-state index contributed by atoms with van der Waals surface area (Å²) >= 11 is 0. The first-order chi connectivity index (χ1) is 11.3. The number of nitrogens with zero attached hydrogens (tertiary/aromatic N) is 1. The van der Waals surface area contributed by atoms with Gasteiger partial charge in [0.2, 0.25) is 0 Å². The van der Waals surface area contributed by atoms with Gasteiger partial charge in [-0.3, -0.25) is 14.6 Å². The summed E-state index contributed by atoms with van der Waals surface area (Å²) < 4.78 is 14.4. The minimum absolute atomic E-state index is 0.111. The Balaban J connectivity index is 2.32. The fourth-order valence-electron chi connectivity index (χ4n) is 2.59. The average molecular weight is 324 g/mol. The molecule has 3 rings (SSSR count). The maximum atomic E-state index is 14.4. The van der Waals surface area contributed by atoms with Crippen LogP contribution in [0.25, 0.3) is 0 Å². The molecule has 1 amide bonds. The third-order valence-electron chi connectivity index (χ3n) is 4.01. The molecule has 2 aromatic carbocycles. The van der Waals surface area contributed by atoms with E-state index in [1.807, 2.05) is 0 Å². The summed E-state index contributed by atoms with van der Waals surface area (Å²) in [5.41, 5.74) is 1.11. The first-order valence-electron chi connectivity index (χ1n) is 7.61. The van der Waals surface area contributed by atoms with Crippen molar-refractivity contribution in [3.05, 3.63) is 65.0 Å². The highest BCUT2D eigenvalue weighted by atomic mass is 19.1. The van der Waals surface area contributed by atoms with Crippen molar-refractivity contribution in [2.45, 2.75) is 26.3 Å². The fourth-order valence-corrected chi connectivity index (χ4v) is 2.59. The van der Waals surface area contributed by atoms with Crippen molar-refractivity contribution >= 4 is 23.1 Å². The highest BCUT2D eigenvalue weighted by Crippen LogP contribution is 2.29. The van der Waals surface area contributed by atoms with Crippen molar-refractivity contribution in [1.82, 2.24) is 0 Å². The minimum Gasteiger partial charge on any atom is -0.323 e. The summed E-state index contributed by atoms with van der Waals surface area (Å²) in [6, 6.07) is 11.2. The van der Waals surface area contributed by atoms with Gasteiger partial charge >= 0.3 is 0 Å². The van der Waals surface area contributed by atoms with Crippen molar-refractivity contribution < 1.29 is 14.0 Å². The predicted octanol–water partition coefficient (Wildman–Crippen LogP) is 3.60. The molecule has 5 heteroatoms. The highest BCUT2D eigenvalue weighted by Gasteiger charge is 2.33. The van der Waals surface area contributed by atoms with Gasteiger partial charge in [-0.15, -0.1) is 0 Å². The number of carbonyl (C=O) groups is 2. The van der Waals surface area contributed by atoms with Gasteiger partial charge < -0.3 is 5.32 Å². The normalized spacial score (nSPS) is 15.8. The Morgan fingerprint density at radius 1 is 1.12 bits per heavy atom. The van der Waals surface area contributed by atoms with Crippen LogP contribution in [0.15, 0.2) is 47.5 Å². The lowest BCUT2D eigenvalue weighted by atomic mass is 9.97. The summed E-state index contributed by atoms with van der Waals surface area (Å²) in [6.07, 6.45) is 0. The molecule has 122 valence electrons. The number of hydrogen-bond donors (Lipinski definition) is 1. The number of rotatable bonds is 2. The molecule has 0 spiro atoms. The molecule has 0 atom stereocenters. The van der Waals surface area contributed by atoms with Crippen LogP contribution in [0.5, 0.6) is 0 Å². The number of hydrogen-bond acceptors (Lipinski definition) is 3. The van der Waals surface area contributed by atoms with Gasteiger partial charge in [-0.1, -0.05) is 12.1 Å². The van der Waals surface area contributed by atoms with Crippen molar-refractivity contribution in [1.29, 1.82) is 0 Å². The van der Waals surface area contributed by atoms with E-state index in [-0.39, 0.29) is 11.7 Å². The summed E-state index contributed by atoms with van der Waals surface area (Å²) in [5.74, 6) is -0.827. The topological polar surface area (TPSA) is 58.5 Å². The summed E-state index contributed by atoms with van der Waals surface area (Å²) in [5, 5.41) is 2.81. The van der Waals surface area contributed by atoms with Gasteiger partial charge in [-0.25, -0.2) is 4.39 Å². The van der Waals surface area contributed by atoms with Gasteiger partial charge in [0.1, 0.15) is 11.4 Å². The van der Waals surface area contributed by atoms with Crippen LogP contribution in [0.3, 0.4) is 0 Å². The van der Waals surface area contributed by atoms with Crippen LogP contribution < -0.4 is 5.32 Å². The zero-order valence-electron chi connectivity index (χ0n) is 13.7. The van der Waals surface area contributed by atoms with E-state index in [9.17, 15) is 14.0 Å². The number of Topliss-reactive ketones (excluding diaryl/α,β-unsaturated/α-hetero) is 1. The zero-order chi connectivity index (χ0) is 17.5. The van der Waals surface area contributed by atoms with E-state index in [1.165, 1.54) is 13.0 Å². The SMILES string of the molecule is CC(=O)c1ccc2c(c1)C(c1ccccc1F)=NC(C)(C)C(=O)N2. The second-order valence-electron chi connectivity index (χ2n) is 6.27. The van der Waals surface area contributed by atoms with E-state index >= 15 is 0 Å². The molecule has 24 heavy (non-hydrogen) atoms. The van der Waals surface area contributed by atoms with Gasteiger partial charge in [0.25, 0.3) is 5.91 Å². The lowest BCUT2D eigenvalue weighted by molar-refractivity contribution is -0.119. The Bertz CT molecular complexity index is 885. The number of nitrogens with one attached hydrogen (secondary N) is 1. The second-order valence-corrected chi connectivity index (χ2v) is 6.27. The second kappa shape index (κ2) is 5.67. The molecule has 0 saturated carbocycles. The van der Waals surface area contributed by atoms with Gasteiger partial charge in [0.05, 0.1) is 11.4 Å². The molecular formula is C19H17FN2O2. The van der Waals surface area contributed by atoms with Gasteiger partial charge in [-0.05, 0) is 51.1 Å². The van der Waals surface area contributed by atoms with Crippen molar-refractivity contribution in [2.24, 2.45) is 4.99 Å². The van der Waals surface area contributed by atoms with E-state index in [0.29, 0.717) is 28.1 Å². The molecule has 1 aliphatic rings. The van der Waals surface area contributed by atoms with Gasteiger partial charge in [0.15, 0.2) is 5.78 Å². The minimum atomic E-state index is -1.06. The molecule has 4 nitrogen and oxygen atoms in total. The van der Waals surface area contributed by atoms with E-state index < -0.39 is 11.4 Å². The van der Waals surface area contributed by atoms with Gasteiger partial charge in [0, 0.05) is 16.7 Å². The quantitative estimate of drug-likeness (QED) is 0.858. The number of benzodiazepines with no additional fused rings is 1. The predicted molar refractivity (Wildman–Crippen MR) is 91.2 cm³/mol. The first kappa shape index (κ1) is 16.1. The van der Waals surface area contributed by atoms with Crippen molar-refractivity contribution in [3.63, 3.8) is 0 Å². The first-order valence-corrected chi connectivity index (χ1v) is 7.61. The van der Waals surface area contributed by atoms with Crippen LogP contribution >= 0.6 is 0 Å². The van der Waals surface area contributed by atoms with Crippen LogP contribution in [0.1, 0.15) is 42.3 Å². The number of amides is 1. The molecule has 0 fully saturated rings. The lowest BCUT2D eigenvalue weighted by Crippen LogP contribution is -2.34.